The van der Waals surface area contributed by atoms with Crippen molar-refractivity contribution in [1.82, 2.24) is 9.88 Å². The molecule has 2 fully saturated rings. The van der Waals surface area contributed by atoms with Crippen molar-refractivity contribution in [2.24, 2.45) is 5.92 Å². The van der Waals surface area contributed by atoms with Gasteiger partial charge >= 0.3 is 0 Å². The summed E-state index contributed by atoms with van der Waals surface area (Å²) < 4.78 is 0. The third kappa shape index (κ3) is 2.14. The first-order valence-corrected chi connectivity index (χ1v) is 6.90. The lowest BCUT2D eigenvalue weighted by Gasteiger charge is -2.27. The summed E-state index contributed by atoms with van der Waals surface area (Å²) in [7, 11) is 0. The summed E-state index contributed by atoms with van der Waals surface area (Å²) in [5.41, 5.74) is 1.22. The topological polar surface area (TPSA) is 33.2 Å². The van der Waals surface area contributed by atoms with Gasteiger partial charge in [0.05, 0.1) is 0 Å². The third-order valence-corrected chi connectivity index (χ3v) is 3.97. The molecule has 96 valence electrons. The van der Waals surface area contributed by atoms with E-state index in [-0.39, 0.29) is 5.92 Å². The van der Waals surface area contributed by atoms with Gasteiger partial charge in [-0.15, -0.1) is 0 Å². The number of amides is 1. The van der Waals surface area contributed by atoms with E-state index in [1.165, 1.54) is 18.4 Å². The van der Waals surface area contributed by atoms with E-state index in [0.29, 0.717) is 23.9 Å². The lowest BCUT2D eigenvalue weighted by molar-refractivity contribution is -0.135. The lowest BCUT2D eigenvalue weighted by atomic mass is 10.1. The molecule has 2 atom stereocenters. The second kappa shape index (κ2) is 4.38. The number of nitrogens with zero attached hydrogens (tertiary/aromatic N) is 2. The van der Waals surface area contributed by atoms with Gasteiger partial charge in [-0.1, -0.05) is 6.07 Å². The number of aromatic nitrogens is 1. The van der Waals surface area contributed by atoms with E-state index in [1.54, 1.807) is 6.20 Å². The Morgan fingerprint density at radius 1 is 1.44 bits per heavy atom. The standard InChI is InChI=1S/C15H20N2O/c1-10(2)17(12-5-6-12)15(18)14-8-13(14)11-4-3-7-16-9-11/h3-4,7,9-10,12-14H,5-6,8H2,1-2H3/t13-,14+/m1/s1. The van der Waals surface area contributed by atoms with Gasteiger partial charge < -0.3 is 4.90 Å². The van der Waals surface area contributed by atoms with Crippen LogP contribution in [0.2, 0.25) is 0 Å². The molecular formula is C15H20N2O. The molecular weight excluding hydrogens is 224 g/mol. The zero-order valence-electron chi connectivity index (χ0n) is 11.0. The number of carbonyl (C=O) groups is 1. The number of hydrogen-bond acceptors (Lipinski definition) is 2. The molecule has 0 unspecified atom stereocenters. The van der Waals surface area contributed by atoms with Crippen molar-refractivity contribution >= 4 is 5.91 Å². The van der Waals surface area contributed by atoms with Gasteiger partial charge in [0.25, 0.3) is 0 Å². The van der Waals surface area contributed by atoms with Gasteiger partial charge in [-0.05, 0) is 50.7 Å². The number of carbonyl (C=O) groups excluding carboxylic acids is 1. The molecule has 0 bridgehead atoms. The maximum Gasteiger partial charge on any atom is 0.226 e. The zero-order chi connectivity index (χ0) is 12.7. The van der Waals surface area contributed by atoms with Crippen LogP contribution in [0.15, 0.2) is 24.5 Å². The predicted molar refractivity (Wildman–Crippen MR) is 70.1 cm³/mol. The van der Waals surface area contributed by atoms with Gasteiger partial charge in [0.1, 0.15) is 0 Å². The predicted octanol–water partition coefficient (Wildman–Crippen LogP) is 2.58. The molecule has 0 spiro atoms. The molecule has 0 N–H and O–H groups in total. The highest BCUT2D eigenvalue weighted by Crippen LogP contribution is 2.49. The first-order chi connectivity index (χ1) is 8.68. The molecule has 3 nitrogen and oxygen atoms in total. The second-order valence-electron chi connectivity index (χ2n) is 5.81. The first-order valence-electron chi connectivity index (χ1n) is 6.90. The highest BCUT2D eigenvalue weighted by atomic mass is 16.2. The molecule has 2 aliphatic rings. The Kier molecular flexibility index (Phi) is 2.84. The lowest BCUT2D eigenvalue weighted by Crippen LogP contribution is -2.40. The normalized spacial score (nSPS) is 26.2. The van der Waals surface area contributed by atoms with Gasteiger partial charge in [-0.3, -0.25) is 9.78 Å². The monoisotopic (exact) mass is 244 g/mol. The van der Waals surface area contributed by atoms with Crippen molar-refractivity contribution < 1.29 is 4.79 Å². The summed E-state index contributed by atoms with van der Waals surface area (Å²) >= 11 is 0. The number of hydrogen-bond donors (Lipinski definition) is 0. The fourth-order valence-corrected chi connectivity index (χ4v) is 2.83. The van der Waals surface area contributed by atoms with Crippen LogP contribution in [-0.4, -0.2) is 27.9 Å². The van der Waals surface area contributed by atoms with Gasteiger partial charge in [-0.25, -0.2) is 0 Å². The van der Waals surface area contributed by atoms with Crippen LogP contribution in [0.1, 0.15) is 44.6 Å². The number of rotatable bonds is 4. The van der Waals surface area contributed by atoms with E-state index in [2.05, 4.69) is 29.8 Å². The van der Waals surface area contributed by atoms with E-state index in [0.717, 1.165) is 6.42 Å². The quantitative estimate of drug-likeness (QED) is 0.815. The Labute approximate surface area is 108 Å². The summed E-state index contributed by atoms with van der Waals surface area (Å²) in [5.74, 6) is 0.977. The summed E-state index contributed by atoms with van der Waals surface area (Å²) in [6.07, 6.45) is 7.06. The highest BCUT2D eigenvalue weighted by molar-refractivity contribution is 5.83. The van der Waals surface area contributed by atoms with Crippen molar-refractivity contribution in [3.8, 4) is 0 Å². The van der Waals surface area contributed by atoms with E-state index in [4.69, 9.17) is 0 Å². The molecule has 1 amide bonds. The molecule has 2 saturated carbocycles. The Morgan fingerprint density at radius 2 is 2.22 bits per heavy atom. The minimum atomic E-state index is 0.206. The van der Waals surface area contributed by atoms with Crippen molar-refractivity contribution in [2.45, 2.75) is 51.1 Å². The fraction of sp³-hybridized carbons (Fsp3) is 0.600. The third-order valence-electron chi connectivity index (χ3n) is 3.97. The van der Waals surface area contributed by atoms with Gasteiger partial charge in [-0.2, -0.15) is 0 Å². The van der Waals surface area contributed by atoms with Gasteiger partial charge in [0.15, 0.2) is 0 Å². The smallest absolute Gasteiger partial charge is 0.226 e. The largest absolute Gasteiger partial charge is 0.337 e. The summed E-state index contributed by atoms with van der Waals surface area (Å²) in [6, 6.07) is 4.89. The van der Waals surface area contributed by atoms with Crippen molar-refractivity contribution in [2.75, 3.05) is 0 Å². The van der Waals surface area contributed by atoms with E-state index >= 15 is 0 Å². The fourth-order valence-electron chi connectivity index (χ4n) is 2.83. The molecule has 0 aromatic carbocycles. The van der Waals surface area contributed by atoms with Crippen LogP contribution in [-0.2, 0) is 4.79 Å². The van der Waals surface area contributed by atoms with E-state index in [9.17, 15) is 4.79 Å². The molecule has 1 heterocycles. The molecule has 1 aromatic rings. The van der Waals surface area contributed by atoms with Crippen LogP contribution in [0.25, 0.3) is 0 Å². The SMILES string of the molecule is CC(C)N(C(=O)[C@H]1C[C@@H]1c1cccnc1)C1CC1. The average molecular weight is 244 g/mol. The molecule has 0 saturated heterocycles. The van der Waals surface area contributed by atoms with Crippen molar-refractivity contribution in [1.29, 1.82) is 0 Å². The molecule has 0 radical (unpaired) electrons. The van der Waals surface area contributed by atoms with Gasteiger partial charge in [0, 0.05) is 30.4 Å². The van der Waals surface area contributed by atoms with Crippen LogP contribution in [0.5, 0.6) is 0 Å². The Bertz CT molecular complexity index is 437. The highest BCUT2D eigenvalue weighted by Gasteiger charge is 2.48. The molecule has 0 aliphatic heterocycles. The summed E-state index contributed by atoms with van der Waals surface area (Å²) in [5, 5.41) is 0. The summed E-state index contributed by atoms with van der Waals surface area (Å²) in [6.45, 7) is 4.25. The second-order valence-corrected chi connectivity index (χ2v) is 5.81. The molecule has 3 heteroatoms. The zero-order valence-corrected chi connectivity index (χ0v) is 11.0. The van der Waals surface area contributed by atoms with E-state index in [1.807, 2.05) is 12.3 Å². The van der Waals surface area contributed by atoms with Crippen LogP contribution in [0.4, 0.5) is 0 Å². The summed E-state index contributed by atoms with van der Waals surface area (Å²) in [4.78, 5) is 18.8. The van der Waals surface area contributed by atoms with Crippen molar-refractivity contribution in [3.63, 3.8) is 0 Å². The minimum absolute atomic E-state index is 0.206. The minimum Gasteiger partial charge on any atom is -0.337 e. The molecule has 2 aliphatic carbocycles. The maximum absolute atomic E-state index is 12.5. The molecule has 18 heavy (non-hydrogen) atoms. The van der Waals surface area contributed by atoms with Crippen LogP contribution >= 0.6 is 0 Å². The Morgan fingerprint density at radius 3 is 2.78 bits per heavy atom. The average Bonchev–Trinajstić information content (AvgIpc) is 3.24. The number of pyridine rings is 1. The van der Waals surface area contributed by atoms with Crippen LogP contribution < -0.4 is 0 Å². The molecule has 1 aromatic heterocycles. The molecule has 3 rings (SSSR count). The first kappa shape index (κ1) is 11.7. The van der Waals surface area contributed by atoms with Gasteiger partial charge in [0.2, 0.25) is 5.91 Å². The maximum atomic E-state index is 12.5. The Hall–Kier alpha value is -1.38. The Balaban J connectivity index is 1.68. The van der Waals surface area contributed by atoms with Crippen LogP contribution in [0.3, 0.4) is 0 Å². The van der Waals surface area contributed by atoms with Crippen LogP contribution in [0, 0.1) is 5.92 Å². The van der Waals surface area contributed by atoms with Crippen molar-refractivity contribution in [3.05, 3.63) is 30.1 Å². The van der Waals surface area contributed by atoms with E-state index < -0.39 is 0 Å².